The van der Waals surface area contributed by atoms with Gasteiger partial charge in [0.1, 0.15) is 6.10 Å². The SMILES string of the molecule is CO[SiH](OC)O[Si](CCCOCC1CO1)(OC)OC. The zero-order valence-electron chi connectivity index (χ0n) is 12.0. The molecule has 0 aromatic carbocycles. The van der Waals surface area contributed by atoms with Crippen LogP contribution in [0.3, 0.4) is 0 Å². The van der Waals surface area contributed by atoms with Crippen molar-refractivity contribution < 1.29 is 31.3 Å². The first-order valence-corrected chi connectivity index (χ1v) is 9.57. The number of ether oxygens (including phenoxy) is 2. The maximum Gasteiger partial charge on any atom is 0.492 e. The lowest BCUT2D eigenvalue weighted by Gasteiger charge is -2.28. The minimum Gasteiger partial charge on any atom is -0.380 e. The Labute approximate surface area is 117 Å². The molecule has 0 spiro atoms. The van der Waals surface area contributed by atoms with E-state index in [1.807, 2.05) is 0 Å². The average Bonchev–Trinajstić information content (AvgIpc) is 3.26. The fraction of sp³-hybridized carbons (Fsp3) is 1.00. The molecule has 114 valence electrons. The Kier molecular flexibility index (Phi) is 8.29. The van der Waals surface area contributed by atoms with Gasteiger partial charge in [0.25, 0.3) is 0 Å². The van der Waals surface area contributed by atoms with Gasteiger partial charge in [-0.2, -0.15) is 0 Å². The highest BCUT2D eigenvalue weighted by Gasteiger charge is 2.42. The second kappa shape index (κ2) is 9.16. The third-order valence-electron chi connectivity index (χ3n) is 2.76. The van der Waals surface area contributed by atoms with Crippen molar-refractivity contribution >= 4 is 18.3 Å². The maximum atomic E-state index is 5.78. The van der Waals surface area contributed by atoms with Crippen LogP contribution in [0.25, 0.3) is 0 Å². The van der Waals surface area contributed by atoms with E-state index in [2.05, 4.69) is 0 Å². The van der Waals surface area contributed by atoms with Gasteiger partial charge >= 0.3 is 18.3 Å². The van der Waals surface area contributed by atoms with Crippen LogP contribution in [0, 0.1) is 0 Å². The molecule has 0 amide bonds. The molecular weight excluding hydrogens is 288 g/mol. The number of hydrogen-bond acceptors (Lipinski definition) is 7. The average molecular weight is 312 g/mol. The molecule has 1 rings (SSSR count). The van der Waals surface area contributed by atoms with Crippen LogP contribution in [-0.4, -0.2) is 72.7 Å². The first kappa shape index (κ1) is 17.2. The van der Waals surface area contributed by atoms with Gasteiger partial charge in [0.15, 0.2) is 0 Å². The summed E-state index contributed by atoms with van der Waals surface area (Å²) in [6.45, 7) is 2.10. The summed E-state index contributed by atoms with van der Waals surface area (Å²) in [5.74, 6) is 0. The molecule has 0 aliphatic carbocycles. The van der Waals surface area contributed by atoms with Gasteiger partial charge in [0.05, 0.1) is 13.2 Å². The molecule has 1 aliphatic heterocycles. The van der Waals surface area contributed by atoms with Crippen molar-refractivity contribution in [1.29, 1.82) is 0 Å². The third kappa shape index (κ3) is 6.42. The van der Waals surface area contributed by atoms with Crippen molar-refractivity contribution in [2.45, 2.75) is 18.6 Å². The molecule has 0 aromatic rings. The van der Waals surface area contributed by atoms with Crippen molar-refractivity contribution in [3.8, 4) is 0 Å². The molecule has 1 fully saturated rings. The second-order valence-electron chi connectivity index (χ2n) is 4.10. The Bertz CT molecular complexity index is 232. The van der Waals surface area contributed by atoms with Gasteiger partial charge < -0.3 is 31.3 Å². The van der Waals surface area contributed by atoms with E-state index in [4.69, 9.17) is 31.3 Å². The molecule has 1 aliphatic rings. The van der Waals surface area contributed by atoms with Crippen LogP contribution < -0.4 is 0 Å². The molecule has 1 atom stereocenters. The zero-order chi connectivity index (χ0) is 14.1. The number of rotatable bonds is 12. The molecule has 9 heteroatoms. The molecule has 19 heavy (non-hydrogen) atoms. The van der Waals surface area contributed by atoms with Crippen LogP contribution in [0.4, 0.5) is 0 Å². The van der Waals surface area contributed by atoms with Crippen molar-refractivity contribution in [3.05, 3.63) is 0 Å². The molecule has 7 nitrogen and oxygen atoms in total. The van der Waals surface area contributed by atoms with E-state index in [1.54, 1.807) is 28.4 Å². The number of hydrogen-bond donors (Lipinski definition) is 0. The van der Waals surface area contributed by atoms with Crippen LogP contribution in [0.2, 0.25) is 6.04 Å². The molecule has 1 saturated heterocycles. The lowest BCUT2D eigenvalue weighted by molar-refractivity contribution is 0.0953. The largest absolute Gasteiger partial charge is 0.492 e. The predicted molar refractivity (Wildman–Crippen MR) is 72.0 cm³/mol. The maximum absolute atomic E-state index is 5.78. The van der Waals surface area contributed by atoms with E-state index in [0.717, 1.165) is 13.0 Å². The van der Waals surface area contributed by atoms with E-state index >= 15 is 0 Å². The summed E-state index contributed by atoms with van der Waals surface area (Å²) in [5.41, 5.74) is 0. The molecule has 0 aromatic heterocycles. The Morgan fingerprint density at radius 2 is 1.79 bits per heavy atom. The summed E-state index contributed by atoms with van der Waals surface area (Å²) >= 11 is 0. The highest BCUT2D eigenvalue weighted by Crippen LogP contribution is 2.18. The van der Waals surface area contributed by atoms with Gasteiger partial charge in [-0.3, -0.25) is 0 Å². The van der Waals surface area contributed by atoms with Crippen LogP contribution in [0.15, 0.2) is 0 Å². The summed E-state index contributed by atoms with van der Waals surface area (Å²) in [5, 5.41) is 0. The summed E-state index contributed by atoms with van der Waals surface area (Å²) < 4.78 is 37.5. The Balaban J connectivity index is 2.27. The molecule has 1 unspecified atom stereocenters. The van der Waals surface area contributed by atoms with Crippen molar-refractivity contribution in [2.24, 2.45) is 0 Å². The van der Waals surface area contributed by atoms with E-state index in [0.29, 0.717) is 25.4 Å². The quantitative estimate of drug-likeness (QED) is 0.286. The normalized spacial score (nSPS) is 19.1. The highest BCUT2D eigenvalue weighted by atomic mass is 28.4. The minimum absolute atomic E-state index is 0.293. The van der Waals surface area contributed by atoms with E-state index in [9.17, 15) is 0 Å². The van der Waals surface area contributed by atoms with Crippen LogP contribution in [0.5, 0.6) is 0 Å². The molecule has 1 heterocycles. The molecular formula is C10H24O7Si2. The summed E-state index contributed by atoms with van der Waals surface area (Å²) in [7, 11) is 1.42. The first-order valence-electron chi connectivity index (χ1n) is 6.22. The highest BCUT2D eigenvalue weighted by molar-refractivity contribution is 6.67. The molecule has 0 radical (unpaired) electrons. The van der Waals surface area contributed by atoms with Gasteiger partial charge in [-0.15, -0.1) is 0 Å². The van der Waals surface area contributed by atoms with Gasteiger partial charge in [-0.05, 0) is 6.42 Å². The van der Waals surface area contributed by atoms with Crippen LogP contribution in [0.1, 0.15) is 6.42 Å². The predicted octanol–water partition coefficient (Wildman–Crippen LogP) is 0.0502. The number of epoxide rings is 1. The molecule has 0 saturated carbocycles. The lowest BCUT2D eigenvalue weighted by atomic mass is 10.5. The van der Waals surface area contributed by atoms with Gasteiger partial charge in [0, 0.05) is 41.1 Å². The van der Waals surface area contributed by atoms with Gasteiger partial charge in [-0.1, -0.05) is 0 Å². The van der Waals surface area contributed by atoms with Crippen molar-refractivity contribution in [1.82, 2.24) is 0 Å². The van der Waals surface area contributed by atoms with E-state index < -0.39 is 18.3 Å². The summed E-state index contributed by atoms with van der Waals surface area (Å²) in [6.07, 6.45) is 1.09. The third-order valence-corrected chi connectivity index (χ3v) is 7.95. The van der Waals surface area contributed by atoms with Crippen molar-refractivity contribution in [3.63, 3.8) is 0 Å². The lowest BCUT2D eigenvalue weighted by Crippen LogP contribution is -2.49. The summed E-state index contributed by atoms with van der Waals surface area (Å²) in [6, 6.07) is 0.668. The fourth-order valence-electron chi connectivity index (χ4n) is 1.55. The zero-order valence-corrected chi connectivity index (χ0v) is 14.2. The Hall–Kier alpha value is 0.154. The fourth-order valence-corrected chi connectivity index (χ4v) is 6.08. The Morgan fingerprint density at radius 1 is 1.16 bits per heavy atom. The van der Waals surface area contributed by atoms with Crippen LogP contribution in [-0.2, 0) is 31.3 Å². The van der Waals surface area contributed by atoms with Crippen LogP contribution >= 0.6 is 0 Å². The monoisotopic (exact) mass is 312 g/mol. The topological polar surface area (TPSA) is 67.9 Å². The minimum atomic E-state index is -2.71. The van der Waals surface area contributed by atoms with Gasteiger partial charge in [0.2, 0.25) is 0 Å². The summed E-state index contributed by atoms with van der Waals surface area (Å²) in [4.78, 5) is 0. The first-order chi connectivity index (χ1) is 9.19. The van der Waals surface area contributed by atoms with Gasteiger partial charge in [-0.25, -0.2) is 0 Å². The standard InChI is InChI=1S/C10H24O7Si2/c1-11-18(12-2)17-19(13-3,14-4)7-5-6-15-8-10-9-16-10/h10,18H,5-9H2,1-4H3. The Morgan fingerprint density at radius 3 is 2.26 bits per heavy atom. The molecule has 0 N–H and O–H groups in total. The van der Waals surface area contributed by atoms with E-state index in [-0.39, 0.29) is 0 Å². The smallest absolute Gasteiger partial charge is 0.380 e. The van der Waals surface area contributed by atoms with E-state index in [1.165, 1.54) is 0 Å². The van der Waals surface area contributed by atoms with Crippen molar-refractivity contribution in [2.75, 3.05) is 48.3 Å². The second-order valence-corrected chi connectivity index (χ2v) is 9.25. The molecule has 0 bridgehead atoms.